The summed E-state index contributed by atoms with van der Waals surface area (Å²) in [5.74, 6) is 2.40. The number of amides is 1. The minimum Gasteiger partial charge on any atom is -0.354 e. The zero-order valence-electron chi connectivity index (χ0n) is 20.7. The average molecular weight is 490 g/mol. The van der Waals surface area contributed by atoms with Crippen LogP contribution in [0.4, 0.5) is 0 Å². The van der Waals surface area contributed by atoms with Crippen LogP contribution in [0.1, 0.15) is 67.6 Å². The number of carbonyl (C=O) groups excluding carboxylic acids is 1. The first-order valence-corrected chi connectivity index (χ1v) is 13.8. The predicted molar refractivity (Wildman–Crippen MR) is 140 cm³/mol. The molecule has 3 aromatic heterocycles. The van der Waals surface area contributed by atoms with Crippen LogP contribution in [0.3, 0.4) is 0 Å². The number of fused-ring (bicyclic) bond motifs is 3. The lowest BCUT2D eigenvalue weighted by Crippen LogP contribution is -2.56. The maximum absolute atomic E-state index is 12.4. The molecule has 7 heteroatoms. The predicted octanol–water partition coefficient (Wildman–Crippen LogP) is 5.04. The summed E-state index contributed by atoms with van der Waals surface area (Å²) in [6, 6.07) is 10.7. The molecular formula is C28H35N5OS. The van der Waals surface area contributed by atoms with E-state index in [-0.39, 0.29) is 5.91 Å². The molecule has 1 N–H and O–H groups in total. The van der Waals surface area contributed by atoms with Gasteiger partial charge in [0.25, 0.3) is 0 Å². The molecule has 3 fully saturated rings. The van der Waals surface area contributed by atoms with Crippen LogP contribution >= 0.6 is 11.3 Å². The van der Waals surface area contributed by atoms with Crippen LogP contribution in [-0.4, -0.2) is 51.4 Å². The molecule has 0 spiro atoms. The maximum atomic E-state index is 12.4. The van der Waals surface area contributed by atoms with Crippen molar-refractivity contribution in [2.45, 2.75) is 63.8 Å². The third-order valence-corrected chi connectivity index (χ3v) is 8.69. The van der Waals surface area contributed by atoms with Crippen LogP contribution in [0.5, 0.6) is 0 Å². The number of rotatable bonds is 9. The summed E-state index contributed by atoms with van der Waals surface area (Å²) < 4.78 is 0. The van der Waals surface area contributed by atoms with Gasteiger partial charge in [0, 0.05) is 65.2 Å². The van der Waals surface area contributed by atoms with E-state index < -0.39 is 0 Å². The van der Waals surface area contributed by atoms with Gasteiger partial charge in [-0.3, -0.25) is 14.7 Å². The summed E-state index contributed by atoms with van der Waals surface area (Å²) in [5.41, 5.74) is 3.38. The molecule has 0 aliphatic carbocycles. The van der Waals surface area contributed by atoms with E-state index in [4.69, 9.17) is 9.97 Å². The van der Waals surface area contributed by atoms with Gasteiger partial charge in [0.15, 0.2) is 5.82 Å². The Hall–Kier alpha value is -2.64. The highest BCUT2D eigenvalue weighted by Gasteiger charge is 2.41. The number of aromatic nitrogens is 3. The van der Waals surface area contributed by atoms with E-state index in [1.165, 1.54) is 17.8 Å². The SMILES string of the molecule is CCC(CC)c1cc([C@@H]2CN3CC[C@H]2C[C@@H]3CNC(=O)Cc2cccs2)nc(-c2ccncc2)n1. The molecule has 3 saturated heterocycles. The first kappa shape index (κ1) is 24.1. The lowest BCUT2D eigenvalue weighted by molar-refractivity contribution is -0.120. The molecule has 6 nitrogen and oxygen atoms in total. The quantitative estimate of drug-likeness (QED) is 0.456. The number of hydrogen-bond acceptors (Lipinski definition) is 6. The highest BCUT2D eigenvalue weighted by molar-refractivity contribution is 7.10. The van der Waals surface area contributed by atoms with E-state index in [0.717, 1.165) is 55.2 Å². The molecule has 1 unspecified atom stereocenters. The van der Waals surface area contributed by atoms with Crippen molar-refractivity contribution in [1.29, 1.82) is 0 Å². The van der Waals surface area contributed by atoms with Crippen molar-refractivity contribution < 1.29 is 4.79 Å². The molecule has 4 atom stereocenters. The van der Waals surface area contributed by atoms with Gasteiger partial charge in [0.1, 0.15) is 0 Å². The first-order valence-electron chi connectivity index (χ1n) is 13.0. The second-order valence-corrected chi connectivity index (χ2v) is 10.9. The highest BCUT2D eigenvalue weighted by atomic mass is 32.1. The Bertz CT molecular complexity index is 1120. The minimum atomic E-state index is 0.124. The molecule has 0 saturated carbocycles. The van der Waals surface area contributed by atoms with Gasteiger partial charge >= 0.3 is 0 Å². The van der Waals surface area contributed by atoms with Crippen LogP contribution in [0, 0.1) is 5.92 Å². The Balaban J connectivity index is 1.31. The second-order valence-electron chi connectivity index (χ2n) is 9.89. The molecule has 0 aromatic carbocycles. The number of hydrogen-bond donors (Lipinski definition) is 1. The third kappa shape index (κ3) is 5.46. The summed E-state index contributed by atoms with van der Waals surface area (Å²) in [7, 11) is 0. The van der Waals surface area contributed by atoms with Crippen LogP contribution in [0.25, 0.3) is 11.4 Å². The smallest absolute Gasteiger partial charge is 0.225 e. The molecule has 184 valence electrons. The largest absolute Gasteiger partial charge is 0.354 e. The van der Waals surface area contributed by atoms with Crippen molar-refractivity contribution in [3.05, 3.63) is 64.4 Å². The van der Waals surface area contributed by atoms with E-state index in [2.05, 4.69) is 35.1 Å². The molecule has 35 heavy (non-hydrogen) atoms. The maximum Gasteiger partial charge on any atom is 0.225 e. The van der Waals surface area contributed by atoms with Crippen LogP contribution < -0.4 is 5.32 Å². The fourth-order valence-corrected chi connectivity index (χ4v) is 6.48. The number of nitrogens with one attached hydrogen (secondary N) is 1. The third-order valence-electron chi connectivity index (χ3n) is 7.82. The summed E-state index contributed by atoms with van der Waals surface area (Å²) in [6.07, 6.45) is 8.57. The van der Waals surface area contributed by atoms with Crippen LogP contribution in [0.15, 0.2) is 48.1 Å². The van der Waals surface area contributed by atoms with Crippen LogP contribution in [-0.2, 0) is 11.2 Å². The molecule has 2 bridgehead atoms. The van der Waals surface area contributed by atoms with Gasteiger partial charge in [-0.1, -0.05) is 19.9 Å². The average Bonchev–Trinajstić information content (AvgIpc) is 3.42. The Kier molecular flexibility index (Phi) is 7.54. The molecule has 1 amide bonds. The highest BCUT2D eigenvalue weighted by Crippen LogP contribution is 2.42. The summed E-state index contributed by atoms with van der Waals surface area (Å²) in [4.78, 5) is 30.4. The number of nitrogens with zero attached hydrogens (tertiary/aromatic N) is 4. The number of thiophene rings is 1. The van der Waals surface area contributed by atoms with E-state index in [9.17, 15) is 4.79 Å². The van der Waals surface area contributed by atoms with Crippen molar-refractivity contribution in [3.63, 3.8) is 0 Å². The Morgan fingerprint density at radius 2 is 2.03 bits per heavy atom. The summed E-state index contributed by atoms with van der Waals surface area (Å²) >= 11 is 1.64. The molecule has 3 aliphatic rings. The molecule has 3 aromatic rings. The molecule has 3 aliphatic heterocycles. The lowest BCUT2D eigenvalue weighted by atomic mass is 9.74. The van der Waals surface area contributed by atoms with Crippen molar-refractivity contribution in [1.82, 2.24) is 25.2 Å². The Morgan fingerprint density at radius 1 is 1.20 bits per heavy atom. The Labute approximate surface area is 212 Å². The van der Waals surface area contributed by atoms with Gasteiger partial charge in [0.05, 0.1) is 6.42 Å². The Morgan fingerprint density at radius 3 is 2.71 bits per heavy atom. The van der Waals surface area contributed by atoms with Crippen LogP contribution in [0.2, 0.25) is 0 Å². The molecular weight excluding hydrogens is 454 g/mol. The van der Waals surface area contributed by atoms with Gasteiger partial charge in [-0.2, -0.15) is 0 Å². The minimum absolute atomic E-state index is 0.124. The van der Waals surface area contributed by atoms with Crippen molar-refractivity contribution in [2.75, 3.05) is 19.6 Å². The molecule has 0 radical (unpaired) electrons. The van der Waals surface area contributed by atoms with Crippen molar-refractivity contribution >= 4 is 17.2 Å². The summed E-state index contributed by atoms with van der Waals surface area (Å²) in [5, 5.41) is 5.22. The number of carbonyl (C=O) groups is 1. The van der Waals surface area contributed by atoms with Gasteiger partial charge < -0.3 is 5.32 Å². The summed E-state index contributed by atoms with van der Waals surface area (Å²) in [6.45, 7) is 7.33. The topological polar surface area (TPSA) is 71.0 Å². The van der Waals surface area contributed by atoms with E-state index >= 15 is 0 Å². The normalized spacial score (nSPS) is 23.5. The van der Waals surface area contributed by atoms with Crippen molar-refractivity contribution in [3.8, 4) is 11.4 Å². The van der Waals surface area contributed by atoms with E-state index in [0.29, 0.717) is 30.2 Å². The van der Waals surface area contributed by atoms with E-state index in [1.54, 1.807) is 11.3 Å². The van der Waals surface area contributed by atoms with Crippen molar-refractivity contribution in [2.24, 2.45) is 5.92 Å². The standard InChI is InChI=1S/C28H35N5OS/c1-3-19(4-2)25-16-26(32-28(31-25)20-7-10-29-11-8-20)24-18-33-12-9-21(24)14-22(33)17-30-27(34)15-23-6-5-13-35-23/h5-8,10-11,13,16,19,21-22,24H,3-4,9,12,14-15,17-18H2,1-2H3,(H,30,34)/t21-,22+,24+/m0/s1. The first-order chi connectivity index (χ1) is 17.1. The van der Waals surface area contributed by atoms with E-state index in [1.807, 2.05) is 42.0 Å². The number of piperidine rings is 3. The fourth-order valence-electron chi connectivity index (χ4n) is 5.77. The number of pyridine rings is 1. The lowest BCUT2D eigenvalue weighted by Gasteiger charge is -2.49. The molecule has 6 rings (SSSR count). The zero-order valence-corrected chi connectivity index (χ0v) is 21.5. The molecule has 6 heterocycles. The van der Waals surface area contributed by atoms with Gasteiger partial charge in [-0.05, 0) is 67.8 Å². The van der Waals surface area contributed by atoms with Gasteiger partial charge in [0.2, 0.25) is 5.91 Å². The monoisotopic (exact) mass is 489 g/mol. The van der Waals surface area contributed by atoms with Gasteiger partial charge in [-0.25, -0.2) is 9.97 Å². The zero-order chi connectivity index (χ0) is 24.2. The fraction of sp³-hybridized carbons (Fsp3) is 0.500. The van der Waals surface area contributed by atoms with Gasteiger partial charge in [-0.15, -0.1) is 11.3 Å². The second kappa shape index (κ2) is 11.0.